The number of rotatable bonds is 6. The minimum atomic E-state index is -1.03. The van der Waals surface area contributed by atoms with Crippen LogP contribution in [0.25, 0.3) is 0 Å². The second-order valence-electron chi connectivity index (χ2n) is 5.74. The van der Waals surface area contributed by atoms with Crippen LogP contribution in [-0.4, -0.2) is 17.0 Å². The number of aryl methyl sites for hydroxylation is 1. The lowest BCUT2D eigenvalue weighted by Gasteiger charge is -2.23. The molecule has 0 saturated heterocycles. The van der Waals surface area contributed by atoms with Crippen molar-refractivity contribution < 1.29 is 14.7 Å². The van der Waals surface area contributed by atoms with Crippen molar-refractivity contribution in [3.63, 3.8) is 0 Å². The van der Waals surface area contributed by atoms with E-state index >= 15 is 0 Å². The number of benzene rings is 1. The van der Waals surface area contributed by atoms with Crippen molar-refractivity contribution in [1.29, 1.82) is 0 Å². The SMILES string of the molecule is CCC(C)C(C)C(=O)NC(C(=O)O)c1cccc(C)c1C. The number of carboxylic acids is 1. The topological polar surface area (TPSA) is 66.4 Å². The molecule has 0 aliphatic heterocycles. The molecule has 0 bridgehead atoms. The van der Waals surface area contributed by atoms with E-state index in [0.29, 0.717) is 5.56 Å². The van der Waals surface area contributed by atoms with E-state index in [9.17, 15) is 14.7 Å². The summed E-state index contributed by atoms with van der Waals surface area (Å²) in [6.07, 6.45) is 0.885. The monoisotopic (exact) mass is 291 g/mol. The molecular weight excluding hydrogens is 266 g/mol. The second-order valence-corrected chi connectivity index (χ2v) is 5.74. The van der Waals surface area contributed by atoms with Crippen molar-refractivity contribution in [3.05, 3.63) is 34.9 Å². The molecule has 1 aromatic carbocycles. The van der Waals surface area contributed by atoms with Gasteiger partial charge in [0.2, 0.25) is 5.91 Å². The molecule has 116 valence electrons. The van der Waals surface area contributed by atoms with Gasteiger partial charge in [-0.25, -0.2) is 4.79 Å². The maximum absolute atomic E-state index is 12.3. The molecule has 3 atom stereocenters. The number of aliphatic carboxylic acids is 1. The van der Waals surface area contributed by atoms with Crippen molar-refractivity contribution in [2.75, 3.05) is 0 Å². The lowest BCUT2D eigenvalue weighted by molar-refractivity contribution is -0.142. The summed E-state index contributed by atoms with van der Waals surface area (Å²) in [4.78, 5) is 23.8. The van der Waals surface area contributed by atoms with Crippen LogP contribution in [0.4, 0.5) is 0 Å². The van der Waals surface area contributed by atoms with Crippen molar-refractivity contribution >= 4 is 11.9 Å². The average Bonchev–Trinajstić information content (AvgIpc) is 2.45. The number of carbonyl (C=O) groups is 2. The average molecular weight is 291 g/mol. The third-order valence-corrected chi connectivity index (χ3v) is 4.40. The first kappa shape index (κ1) is 17.2. The zero-order chi connectivity index (χ0) is 16.2. The van der Waals surface area contributed by atoms with E-state index in [1.165, 1.54) is 0 Å². The van der Waals surface area contributed by atoms with E-state index in [1.54, 1.807) is 6.07 Å². The number of hydrogen-bond acceptors (Lipinski definition) is 2. The highest BCUT2D eigenvalue weighted by Gasteiger charge is 2.27. The summed E-state index contributed by atoms with van der Waals surface area (Å²) < 4.78 is 0. The highest BCUT2D eigenvalue weighted by atomic mass is 16.4. The molecule has 3 unspecified atom stereocenters. The Hall–Kier alpha value is -1.84. The van der Waals surface area contributed by atoms with Gasteiger partial charge in [-0.1, -0.05) is 45.4 Å². The van der Waals surface area contributed by atoms with Gasteiger partial charge in [-0.3, -0.25) is 4.79 Å². The van der Waals surface area contributed by atoms with Gasteiger partial charge in [-0.15, -0.1) is 0 Å². The first-order chi connectivity index (χ1) is 9.79. The van der Waals surface area contributed by atoms with Gasteiger partial charge in [-0.05, 0) is 36.5 Å². The highest BCUT2D eigenvalue weighted by molar-refractivity contribution is 5.86. The second kappa shape index (κ2) is 7.25. The third-order valence-electron chi connectivity index (χ3n) is 4.40. The molecule has 4 nitrogen and oxygen atoms in total. The molecule has 4 heteroatoms. The maximum Gasteiger partial charge on any atom is 0.330 e. The van der Waals surface area contributed by atoms with Crippen LogP contribution in [0.2, 0.25) is 0 Å². The molecule has 1 aromatic rings. The van der Waals surface area contributed by atoms with Crippen LogP contribution >= 0.6 is 0 Å². The predicted octanol–water partition coefficient (Wildman–Crippen LogP) is 3.23. The van der Waals surface area contributed by atoms with Gasteiger partial charge in [0, 0.05) is 5.92 Å². The summed E-state index contributed by atoms with van der Waals surface area (Å²) in [7, 11) is 0. The van der Waals surface area contributed by atoms with Crippen molar-refractivity contribution in [2.24, 2.45) is 11.8 Å². The Morgan fingerprint density at radius 2 is 1.86 bits per heavy atom. The van der Waals surface area contributed by atoms with E-state index in [4.69, 9.17) is 0 Å². The standard InChI is InChI=1S/C17H25NO3/c1-6-10(2)13(5)16(19)18-15(17(20)21)14-9-7-8-11(3)12(14)4/h7-10,13,15H,6H2,1-5H3,(H,18,19)(H,20,21). The number of carboxylic acid groups (broad SMARTS) is 1. The van der Waals surface area contributed by atoms with Crippen LogP contribution in [0.15, 0.2) is 18.2 Å². The van der Waals surface area contributed by atoms with Gasteiger partial charge in [0.15, 0.2) is 6.04 Å². The fraction of sp³-hybridized carbons (Fsp3) is 0.529. The maximum atomic E-state index is 12.3. The summed E-state index contributed by atoms with van der Waals surface area (Å²) in [5.74, 6) is -1.23. The van der Waals surface area contributed by atoms with Crippen LogP contribution in [-0.2, 0) is 9.59 Å². The van der Waals surface area contributed by atoms with Gasteiger partial charge in [-0.2, -0.15) is 0 Å². The quantitative estimate of drug-likeness (QED) is 0.845. The summed E-state index contributed by atoms with van der Waals surface area (Å²) in [5.41, 5.74) is 2.57. The lowest BCUT2D eigenvalue weighted by Crippen LogP contribution is -2.39. The van der Waals surface area contributed by atoms with Crippen LogP contribution in [0.5, 0.6) is 0 Å². The first-order valence-corrected chi connectivity index (χ1v) is 7.38. The van der Waals surface area contributed by atoms with Crippen LogP contribution in [0, 0.1) is 25.7 Å². The van der Waals surface area contributed by atoms with E-state index in [-0.39, 0.29) is 17.7 Å². The molecule has 0 radical (unpaired) electrons. The molecule has 0 spiro atoms. The largest absolute Gasteiger partial charge is 0.479 e. The Bertz CT molecular complexity index is 525. The van der Waals surface area contributed by atoms with Crippen LogP contribution in [0.1, 0.15) is 49.9 Å². The number of amides is 1. The first-order valence-electron chi connectivity index (χ1n) is 7.38. The molecule has 1 amide bonds. The van der Waals surface area contributed by atoms with Crippen LogP contribution < -0.4 is 5.32 Å². The normalized spacial score (nSPS) is 15.1. The fourth-order valence-corrected chi connectivity index (χ4v) is 2.24. The molecule has 0 fully saturated rings. The third kappa shape index (κ3) is 4.06. The zero-order valence-corrected chi connectivity index (χ0v) is 13.4. The lowest BCUT2D eigenvalue weighted by atomic mass is 9.91. The molecule has 0 heterocycles. The minimum absolute atomic E-state index is 0.207. The van der Waals surface area contributed by atoms with Gasteiger partial charge in [0.1, 0.15) is 0 Å². The minimum Gasteiger partial charge on any atom is -0.479 e. The van der Waals surface area contributed by atoms with Gasteiger partial charge < -0.3 is 10.4 Å². The Morgan fingerprint density at radius 1 is 1.24 bits per heavy atom. The smallest absolute Gasteiger partial charge is 0.330 e. The zero-order valence-electron chi connectivity index (χ0n) is 13.4. The number of nitrogens with one attached hydrogen (secondary N) is 1. The summed E-state index contributed by atoms with van der Waals surface area (Å²) in [5, 5.41) is 12.1. The highest BCUT2D eigenvalue weighted by Crippen LogP contribution is 2.22. The Labute approximate surface area is 126 Å². The Morgan fingerprint density at radius 3 is 2.38 bits per heavy atom. The number of hydrogen-bond donors (Lipinski definition) is 2. The van der Waals surface area contributed by atoms with E-state index in [2.05, 4.69) is 5.32 Å². The van der Waals surface area contributed by atoms with Crippen molar-refractivity contribution in [1.82, 2.24) is 5.32 Å². The Balaban J connectivity index is 3.01. The molecule has 0 aromatic heterocycles. The van der Waals surface area contributed by atoms with Gasteiger partial charge in [0.25, 0.3) is 0 Å². The molecule has 21 heavy (non-hydrogen) atoms. The molecule has 0 saturated carbocycles. The predicted molar refractivity (Wildman–Crippen MR) is 83.1 cm³/mol. The van der Waals surface area contributed by atoms with Gasteiger partial charge in [0.05, 0.1) is 0 Å². The molecule has 1 rings (SSSR count). The summed E-state index contributed by atoms with van der Waals surface area (Å²) in [6, 6.07) is 4.51. The molecule has 0 aliphatic rings. The van der Waals surface area contributed by atoms with E-state index in [1.807, 2.05) is 46.8 Å². The van der Waals surface area contributed by atoms with Crippen molar-refractivity contribution in [2.45, 2.75) is 47.1 Å². The number of carbonyl (C=O) groups excluding carboxylic acids is 1. The molecule has 2 N–H and O–H groups in total. The molecule has 0 aliphatic carbocycles. The van der Waals surface area contributed by atoms with Crippen molar-refractivity contribution in [3.8, 4) is 0 Å². The summed E-state index contributed by atoms with van der Waals surface area (Å²) in [6.45, 7) is 9.67. The van der Waals surface area contributed by atoms with E-state index < -0.39 is 12.0 Å². The van der Waals surface area contributed by atoms with Gasteiger partial charge >= 0.3 is 5.97 Å². The summed E-state index contributed by atoms with van der Waals surface area (Å²) >= 11 is 0. The van der Waals surface area contributed by atoms with E-state index in [0.717, 1.165) is 17.5 Å². The molecular formula is C17H25NO3. The van der Waals surface area contributed by atoms with Crippen LogP contribution in [0.3, 0.4) is 0 Å². The Kier molecular flexibility index (Phi) is 5.94. The fourth-order valence-electron chi connectivity index (χ4n) is 2.24.